The van der Waals surface area contributed by atoms with E-state index >= 15 is 0 Å². The van der Waals surface area contributed by atoms with Crippen LogP contribution in [0.2, 0.25) is 5.02 Å². The molecule has 0 aliphatic carbocycles. The average Bonchev–Trinajstić information content (AvgIpc) is 0.781. The zero-order valence-electron chi connectivity index (χ0n) is 79.1. The number of morpholine rings is 1. The van der Waals surface area contributed by atoms with Crippen molar-refractivity contribution in [2.75, 3.05) is 198 Å². The minimum atomic E-state index is -0.208. The predicted molar refractivity (Wildman–Crippen MR) is 551 cm³/mol. The highest BCUT2D eigenvalue weighted by Gasteiger charge is 2.36. The first-order valence-electron chi connectivity index (χ1n) is 48.3. The molecular weight excluding hydrogens is 1710 g/mol. The SMILES string of the molecule is CN(C)CCCc1cc2ccccc2c(=O)[nH]1.CN(C)CCc1cc2ccccc2c(=O)[nH]1.CN1CCC(c2cc3ccccc3c(=O)[nH]2)CC1.CN1CCN(C(=O)c2cc3ccccc3c(=O)[nH]2)CC1.O=c1[nH]c(C2CCNCC2)cc2ccccc12.O=c1[nH]c(C2CN3CCC2CC3)cc2ccccc12.O=c1[nH]c(N2CCN(CCCCN3CCOCC3)CC2)cc2c(Cl)cccc12. The molecule has 8 aliphatic heterocycles. The van der Waals surface area contributed by atoms with E-state index in [9.17, 15) is 38.4 Å². The Labute approximate surface area is 793 Å². The molecule has 14 aromatic rings. The first kappa shape index (κ1) is 97.7. The quantitative estimate of drug-likeness (QED) is 0.0393. The highest BCUT2D eigenvalue weighted by atomic mass is 35.5. The number of likely N-dealkylation sites (tertiary alicyclic amines) is 1. The summed E-state index contributed by atoms with van der Waals surface area (Å²) in [6, 6.07) is 65.9. The minimum absolute atomic E-state index is 0.00635. The van der Waals surface area contributed by atoms with Crippen LogP contribution < -0.4 is 49.1 Å². The number of amides is 1. The van der Waals surface area contributed by atoms with E-state index < -0.39 is 0 Å². The summed E-state index contributed by atoms with van der Waals surface area (Å²) in [5.74, 6) is 3.03. The Morgan fingerprint density at radius 3 is 1.28 bits per heavy atom. The third-order valence-electron chi connectivity index (χ3n) is 27.4. The van der Waals surface area contributed by atoms with Crippen molar-refractivity contribution in [3.05, 3.63) is 318 Å². The summed E-state index contributed by atoms with van der Waals surface area (Å²) in [5.41, 5.74) is 5.62. The number of anilines is 1. The predicted octanol–water partition coefficient (Wildman–Crippen LogP) is 13.7. The van der Waals surface area contributed by atoms with E-state index in [1.54, 1.807) is 17.0 Å². The number of hydrogen-bond donors (Lipinski definition) is 8. The molecule has 7 aromatic heterocycles. The Balaban J connectivity index is 0.000000121. The van der Waals surface area contributed by atoms with E-state index in [0.717, 1.165) is 268 Å². The number of halogens is 1. The van der Waals surface area contributed by atoms with Crippen LogP contribution in [0.1, 0.15) is 114 Å². The lowest BCUT2D eigenvalue weighted by Gasteiger charge is -2.44. The molecule has 7 aromatic carbocycles. The molecule has 8 N–H and O–H groups in total. The standard InChI is InChI=1S/C21H29ClN4O2.C16H18N2O.C15H17N3O2.C15H18N2O.C14H16N2O.C14H18N2O.C13H16N2O/c22-19-5-3-4-17-18(19)16-20(23-21(17)27)26-10-8-24(9-11-26)6-1-2-7-25-12-14-28-15-13-25;19-16-13-4-2-1-3-12(13)9-15(17-16)14-10-18-7-5-11(14)6-8-18;1-17-6-8-18(9-7-17)15(20)13-10-11-4-2-3-5-12(11)14(19)16-13;1-17-8-6-11(7-9-17)14-10-12-4-2-3-5-13(12)15(18)16-14;17-14-12-4-2-1-3-11(12)9-13(16-14)10-5-7-15-8-6-10;1-16(2)9-5-7-12-10-11-6-3-4-8-13(11)14(17)15-12;1-15(2)8-7-11-9-10-5-3-4-6-12(10)13(16)14-11/h3-5,16H,1-2,6-15H2,(H,23,27);1-4,9,11,14H,5-8,10H2,(H,17,19);2-5,10H,6-9H2,1H3,(H,16,19);2-5,10-11H,6-9H2,1H3,(H,16,18);1-4,9-10,15H,5-8H2,(H,16,17);3-4,6,8,10H,5,7,9H2,1-2H3,(H,15,17);3-6,9H,7-8H2,1-2H3,(H,14,16). The van der Waals surface area contributed by atoms with Crippen molar-refractivity contribution in [3.8, 4) is 0 Å². The van der Waals surface area contributed by atoms with E-state index in [0.29, 0.717) is 52.3 Å². The third kappa shape index (κ3) is 26.5. The lowest BCUT2D eigenvalue weighted by Crippen LogP contribution is -2.47. The molecule has 0 spiro atoms. The van der Waals surface area contributed by atoms with Gasteiger partial charge in [0.15, 0.2) is 0 Å². The van der Waals surface area contributed by atoms with Crippen LogP contribution in [0.4, 0.5) is 5.82 Å². The number of aryl methyl sites for hydroxylation is 1. The second kappa shape index (κ2) is 47.6. The molecule has 15 heterocycles. The lowest BCUT2D eigenvalue weighted by molar-refractivity contribution is 0.0368. The van der Waals surface area contributed by atoms with Crippen LogP contribution in [0.15, 0.2) is 240 Å². The summed E-state index contributed by atoms with van der Waals surface area (Å²) in [6.45, 7) is 23.1. The number of pyridine rings is 7. The summed E-state index contributed by atoms with van der Waals surface area (Å²) in [5, 5.41) is 16.0. The van der Waals surface area contributed by atoms with Crippen LogP contribution in [0, 0.1) is 5.92 Å². The van der Waals surface area contributed by atoms with Gasteiger partial charge < -0.3 is 79.2 Å². The fourth-order valence-electron chi connectivity index (χ4n) is 19.5. The van der Waals surface area contributed by atoms with Crippen molar-refractivity contribution in [1.29, 1.82) is 0 Å². The molecular formula is C108H132ClN17O9. The molecule has 8 aliphatic rings. The number of benzene rings is 7. The Hall–Kier alpha value is -11.8. The fourth-order valence-corrected chi connectivity index (χ4v) is 19.7. The smallest absolute Gasteiger partial charge is 0.270 e. The average molecular weight is 1850 g/mol. The number of H-pyrrole nitrogens is 7. The second-order valence-corrected chi connectivity index (χ2v) is 37.9. The molecule has 1 atom stereocenters. The van der Waals surface area contributed by atoms with Gasteiger partial charge in [0.2, 0.25) is 0 Å². The number of nitrogens with zero attached hydrogens (tertiary/aromatic N) is 9. The molecule has 26 nitrogen and oxygen atoms in total. The van der Waals surface area contributed by atoms with Crippen LogP contribution in [-0.4, -0.2) is 273 Å². The number of hydrogen-bond acceptors (Lipinski definition) is 18. The maximum absolute atomic E-state index is 12.4. The van der Waals surface area contributed by atoms with Gasteiger partial charge >= 0.3 is 0 Å². The molecule has 1 amide bonds. The number of carbonyl (C=O) groups is 1. The molecule has 8 fully saturated rings. The number of nitrogens with one attached hydrogen (secondary N) is 8. The van der Waals surface area contributed by atoms with Crippen LogP contribution in [0.25, 0.3) is 75.4 Å². The molecule has 1 unspecified atom stereocenters. The number of ether oxygens (including phenoxy) is 1. The molecule has 27 heteroatoms. The van der Waals surface area contributed by atoms with Gasteiger partial charge in [-0.1, -0.05) is 127 Å². The number of piperazine rings is 2. The van der Waals surface area contributed by atoms with Gasteiger partial charge in [0.1, 0.15) is 11.5 Å². The Morgan fingerprint density at radius 2 is 0.793 bits per heavy atom. The number of carbonyl (C=O) groups excluding carboxylic acids is 1. The number of likely N-dealkylation sites (N-methyl/N-ethyl adjacent to an activating group) is 2. The summed E-state index contributed by atoms with van der Waals surface area (Å²) in [7, 11) is 12.4. The van der Waals surface area contributed by atoms with E-state index in [4.69, 9.17) is 16.3 Å². The first-order chi connectivity index (χ1) is 65.6. The summed E-state index contributed by atoms with van der Waals surface area (Å²) in [6.07, 6.45) is 12.3. The van der Waals surface area contributed by atoms with Crippen molar-refractivity contribution >= 4 is 98.7 Å². The lowest BCUT2D eigenvalue weighted by atomic mass is 9.77. The number of unbranched alkanes of at least 4 members (excludes halogenated alkanes) is 1. The van der Waals surface area contributed by atoms with Crippen LogP contribution in [-0.2, 0) is 17.6 Å². The Morgan fingerprint density at radius 1 is 0.378 bits per heavy atom. The Kier molecular flexibility index (Phi) is 34.5. The van der Waals surface area contributed by atoms with E-state index in [2.05, 4.69) is 131 Å². The fraction of sp³-hybridized carbons (Fsp3) is 0.407. The number of rotatable bonds is 17. The van der Waals surface area contributed by atoms with E-state index in [1.807, 2.05) is 185 Å². The zero-order chi connectivity index (χ0) is 94.3. The number of piperidine rings is 5. The van der Waals surface area contributed by atoms with Gasteiger partial charge in [0.25, 0.3) is 44.8 Å². The number of aromatic amines is 7. The van der Waals surface area contributed by atoms with E-state index in [1.165, 1.54) is 45.3 Å². The molecule has 135 heavy (non-hydrogen) atoms. The maximum Gasteiger partial charge on any atom is 0.270 e. The molecule has 2 bridgehead atoms. The van der Waals surface area contributed by atoms with Crippen LogP contribution >= 0.6 is 11.6 Å². The van der Waals surface area contributed by atoms with Gasteiger partial charge in [0, 0.05) is 179 Å². The van der Waals surface area contributed by atoms with E-state index in [-0.39, 0.29) is 44.8 Å². The van der Waals surface area contributed by atoms with Crippen molar-refractivity contribution < 1.29 is 9.53 Å². The van der Waals surface area contributed by atoms with Gasteiger partial charge in [-0.05, 0) is 295 Å². The summed E-state index contributed by atoms with van der Waals surface area (Å²) in [4.78, 5) is 138. The largest absolute Gasteiger partial charge is 0.379 e. The van der Waals surface area contributed by atoms with Crippen molar-refractivity contribution in [3.63, 3.8) is 0 Å². The first-order valence-corrected chi connectivity index (χ1v) is 48.6. The van der Waals surface area contributed by atoms with Gasteiger partial charge in [-0.3, -0.25) is 48.2 Å². The van der Waals surface area contributed by atoms with Crippen molar-refractivity contribution in [2.45, 2.75) is 88.4 Å². The molecule has 0 radical (unpaired) electrons. The van der Waals surface area contributed by atoms with Crippen LogP contribution in [0.3, 0.4) is 0 Å². The van der Waals surface area contributed by atoms with Gasteiger partial charge in [-0.15, -0.1) is 0 Å². The summed E-state index contributed by atoms with van der Waals surface area (Å²) < 4.78 is 5.40. The summed E-state index contributed by atoms with van der Waals surface area (Å²) >= 11 is 6.30. The maximum atomic E-state index is 12.4. The Bertz CT molecular complexity index is 6760. The highest BCUT2D eigenvalue weighted by molar-refractivity contribution is 6.35. The third-order valence-corrected chi connectivity index (χ3v) is 27.8. The number of fused-ring (bicyclic) bond motifs is 10. The molecule has 0 saturated carbocycles. The molecule has 22 rings (SSSR count). The van der Waals surface area contributed by atoms with Crippen molar-refractivity contribution in [1.82, 2.24) is 79.4 Å². The number of aromatic nitrogens is 7. The normalized spacial score (nSPS) is 18.0. The second-order valence-electron chi connectivity index (χ2n) is 37.5. The van der Waals surface area contributed by atoms with Crippen LogP contribution in [0.5, 0.6) is 0 Å². The highest BCUT2D eigenvalue weighted by Crippen LogP contribution is 2.39. The monoisotopic (exact) mass is 1850 g/mol. The van der Waals surface area contributed by atoms with Gasteiger partial charge in [-0.25, -0.2) is 0 Å². The van der Waals surface area contributed by atoms with Crippen molar-refractivity contribution in [2.24, 2.45) is 5.92 Å². The minimum Gasteiger partial charge on any atom is -0.379 e. The topological polar surface area (TPSA) is 298 Å². The van der Waals surface area contributed by atoms with Gasteiger partial charge in [-0.2, -0.15) is 0 Å². The van der Waals surface area contributed by atoms with Gasteiger partial charge in [0.05, 0.1) is 13.2 Å². The molecule has 8 saturated heterocycles. The zero-order valence-corrected chi connectivity index (χ0v) is 79.8. The molecule has 710 valence electrons.